The Bertz CT molecular complexity index is 529. The number of pyridine rings is 1. The van der Waals surface area contributed by atoms with Gasteiger partial charge in [-0.25, -0.2) is 0 Å². The van der Waals surface area contributed by atoms with E-state index in [-0.39, 0.29) is 0 Å². The van der Waals surface area contributed by atoms with Gasteiger partial charge in [0.05, 0.1) is 25.6 Å². The third-order valence-corrected chi connectivity index (χ3v) is 2.87. The zero-order chi connectivity index (χ0) is 14.2. The second-order valence-electron chi connectivity index (χ2n) is 4.47. The molecule has 4 nitrogen and oxygen atoms in total. The number of para-hydroxylation sites is 1. The molecule has 2 rings (SSSR count). The number of methoxy groups -OCH3 is 1. The fourth-order valence-electron chi connectivity index (χ4n) is 1.85. The normalized spacial score (nSPS) is 10.1. The van der Waals surface area contributed by atoms with Crippen LogP contribution in [0.25, 0.3) is 0 Å². The van der Waals surface area contributed by atoms with Crippen LogP contribution in [0.3, 0.4) is 0 Å². The first-order valence-corrected chi connectivity index (χ1v) is 6.72. The molecule has 0 amide bonds. The third kappa shape index (κ3) is 4.16. The Hall–Kier alpha value is -2.23. The van der Waals surface area contributed by atoms with Crippen LogP contribution in [-0.4, -0.2) is 25.2 Å². The number of rotatable bonds is 7. The van der Waals surface area contributed by atoms with E-state index in [1.54, 1.807) is 13.3 Å². The van der Waals surface area contributed by atoms with Crippen LogP contribution >= 0.6 is 0 Å². The van der Waals surface area contributed by atoms with Gasteiger partial charge in [-0.2, -0.15) is 0 Å². The highest BCUT2D eigenvalue weighted by atomic mass is 16.5. The van der Waals surface area contributed by atoms with Crippen molar-refractivity contribution in [3.8, 4) is 11.5 Å². The molecular formula is C16H20N2O2. The van der Waals surface area contributed by atoms with Crippen LogP contribution in [-0.2, 0) is 0 Å². The molecule has 0 saturated carbocycles. The van der Waals surface area contributed by atoms with Crippen LogP contribution in [0.2, 0.25) is 0 Å². The molecule has 1 N–H and O–H groups in total. The summed E-state index contributed by atoms with van der Waals surface area (Å²) < 4.78 is 10.9. The van der Waals surface area contributed by atoms with Crippen molar-refractivity contribution in [2.75, 3.05) is 25.6 Å². The number of nitrogens with zero attached hydrogens (tertiary/aromatic N) is 1. The standard InChI is InChI=1S/C16H20N2O2/c1-13-11-15(16(19-2)12-18-13)17-9-6-10-20-14-7-4-3-5-8-14/h3-5,7-8,11-12H,6,9-10H2,1-2H3,(H,17,18). The van der Waals surface area contributed by atoms with Gasteiger partial charge in [0.15, 0.2) is 5.75 Å². The lowest BCUT2D eigenvalue weighted by Gasteiger charge is -2.11. The summed E-state index contributed by atoms with van der Waals surface area (Å²) in [7, 11) is 1.65. The minimum absolute atomic E-state index is 0.684. The van der Waals surface area contributed by atoms with Gasteiger partial charge in [-0.15, -0.1) is 0 Å². The molecule has 2 aromatic rings. The van der Waals surface area contributed by atoms with E-state index < -0.39 is 0 Å². The summed E-state index contributed by atoms with van der Waals surface area (Å²) in [6.07, 6.45) is 2.65. The van der Waals surface area contributed by atoms with E-state index in [1.807, 2.05) is 43.3 Å². The van der Waals surface area contributed by atoms with Gasteiger partial charge in [0.2, 0.25) is 0 Å². The molecule has 4 heteroatoms. The van der Waals surface area contributed by atoms with Crippen molar-refractivity contribution in [3.05, 3.63) is 48.3 Å². The maximum absolute atomic E-state index is 5.64. The van der Waals surface area contributed by atoms with Crippen molar-refractivity contribution >= 4 is 5.69 Å². The van der Waals surface area contributed by atoms with E-state index in [0.29, 0.717) is 6.61 Å². The Labute approximate surface area is 119 Å². The SMILES string of the molecule is COc1cnc(C)cc1NCCCOc1ccccc1. The Morgan fingerprint density at radius 3 is 2.75 bits per heavy atom. The summed E-state index contributed by atoms with van der Waals surface area (Å²) in [5, 5.41) is 3.35. The van der Waals surface area contributed by atoms with E-state index in [4.69, 9.17) is 9.47 Å². The highest BCUT2D eigenvalue weighted by Crippen LogP contribution is 2.23. The minimum Gasteiger partial charge on any atom is -0.494 e. The number of hydrogen-bond donors (Lipinski definition) is 1. The van der Waals surface area contributed by atoms with Crippen LogP contribution in [0.5, 0.6) is 11.5 Å². The molecule has 0 fully saturated rings. The molecule has 0 aliphatic carbocycles. The predicted octanol–water partition coefficient (Wildman–Crippen LogP) is 3.28. The highest BCUT2D eigenvalue weighted by molar-refractivity contribution is 5.55. The minimum atomic E-state index is 0.684. The van der Waals surface area contributed by atoms with E-state index >= 15 is 0 Å². The van der Waals surface area contributed by atoms with E-state index in [2.05, 4.69) is 10.3 Å². The van der Waals surface area contributed by atoms with Crippen LogP contribution in [0, 0.1) is 6.92 Å². The molecule has 1 heterocycles. The second kappa shape index (κ2) is 7.38. The predicted molar refractivity (Wildman–Crippen MR) is 80.6 cm³/mol. The van der Waals surface area contributed by atoms with E-state index in [0.717, 1.165) is 35.8 Å². The van der Waals surface area contributed by atoms with Gasteiger partial charge in [0.25, 0.3) is 0 Å². The topological polar surface area (TPSA) is 43.4 Å². The largest absolute Gasteiger partial charge is 0.494 e. The van der Waals surface area contributed by atoms with Gasteiger partial charge in [0.1, 0.15) is 5.75 Å². The number of aryl methyl sites for hydroxylation is 1. The number of nitrogens with one attached hydrogen (secondary N) is 1. The number of anilines is 1. The molecule has 1 aromatic carbocycles. The van der Waals surface area contributed by atoms with Crippen molar-refractivity contribution < 1.29 is 9.47 Å². The molecule has 20 heavy (non-hydrogen) atoms. The molecule has 0 aliphatic rings. The second-order valence-corrected chi connectivity index (χ2v) is 4.47. The fraction of sp³-hybridized carbons (Fsp3) is 0.312. The quantitative estimate of drug-likeness (QED) is 0.786. The molecule has 106 valence electrons. The van der Waals surface area contributed by atoms with E-state index in [1.165, 1.54) is 0 Å². The van der Waals surface area contributed by atoms with Crippen molar-refractivity contribution in [3.63, 3.8) is 0 Å². The van der Waals surface area contributed by atoms with Crippen molar-refractivity contribution in [1.82, 2.24) is 4.98 Å². The Morgan fingerprint density at radius 1 is 1.20 bits per heavy atom. The van der Waals surface area contributed by atoms with Crippen molar-refractivity contribution in [2.45, 2.75) is 13.3 Å². The Morgan fingerprint density at radius 2 is 2.00 bits per heavy atom. The summed E-state index contributed by atoms with van der Waals surface area (Å²) in [4.78, 5) is 4.20. The molecule has 0 radical (unpaired) electrons. The van der Waals surface area contributed by atoms with Gasteiger partial charge in [-0.05, 0) is 31.5 Å². The van der Waals surface area contributed by atoms with E-state index in [9.17, 15) is 0 Å². The van der Waals surface area contributed by atoms with Crippen LogP contribution < -0.4 is 14.8 Å². The number of aromatic nitrogens is 1. The van der Waals surface area contributed by atoms with Crippen LogP contribution in [0.1, 0.15) is 12.1 Å². The lowest BCUT2D eigenvalue weighted by atomic mass is 10.3. The lowest BCUT2D eigenvalue weighted by Crippen LogP contribution is -2.08. The summed E-state index contributed by atoms with van der Waals surface area (Å²) in [5.41, 5.74) is 1.94. The maximum Gasteiger partial charge on any atom is 0.160 e. The molecule has 1 aromatic heterocycles. The summed E-state index contributed by atoms with van der Waals surface area (Å²) in [5.74, 6) is 1.67. The third-order valence-electron chi connectivity index (χ3n) is 2.87. The molecule has 0 atom stereocenters. The monoisotopic (exact) mass is 272 g/mol. The zero-order valence-corrected chi connectivity index (χ0v) is 11.9. The number of ether oxygens (including phenoxy) is 2. The van der Waals surface area contributed by atoms with Crippen LogP contribution in [0.15, 0.2) is 42.6 Å². The van der Waals surface area contributed by atoms with Gasteiger partial charge < -0.3 is 14.8 Å². The van der Waals surface area contributed by atoms with Gasteiger partial charge >= 0.3 is 0 Å². The lowest BCUT2D eigenvalue weighted by molar-refractivity contribution is 0.315. The maximum atomic E-state index is 5.64. The van der Waals surface area contributed by atoms with Gasteiger partial charge in [-0.1, -0.05) is 18.2 Å². The fourth-order valence-corrected chi connectivity index (χ4v) is 1.85. The Kier molecular flexibility index (Phi) is 5.24. The number of benzene rings is 1. The average molecular weight is 272 g/mol. The first-order valence-electron chi connectivity index (χ1n) is 6.72. The summed E-state index contributed by atoms with van der Waals surface area (Å²) in [6.45, 7) is 3.47. The van der Waals surface area contributed by atoms with Gasteiger partial charge in [0, 0.05) is 12.2 Å². The smallest absolute Gasteiger partial charge is 0.160 e. The first-order chi connectivity index (χ1) is 9.79. The average Bonchev–Trinajstić information content (AvgIpc) is 2.48. The molecule has 0 bridgehead atoms. The van der Waals surface area contributed by atoms with Crippen molar-refractivity contribution in [2.24, 2.45) is 0 Å². The molecule has 0 spiro atoms. The summed E-state index contributed by atoms with van der Waals surface area (Å²) >= 11 is 0. The summed E-state index contributed by atoms with van der Waals surface area (Å²) in [6, 6.07) is 11.8. The first kappa shape index (κ1) is 14.2. The molecule has 0 unspecified atom stereocenters. The molecule has 0 aliphatic heterocycles. The molecule has 0 saturated heterocycles. The van der Waals surface area contributed by atoms with Crippen LogP contribution in [0.4, 0.5) is 5.69 Å². The van der Waals surface area contributed by atoms with Gasteiger partial charge in [-0.3, -0.25) is 4.98 Å². The Balaban J connectivity index is 1.75. The zero-order valence-electron chi connectivity index (χ0n) is 11.9. The van der Waals surface area contributed by atoms with Crippen molar-refractivity contribution in [1.29, 1.82) is 0 Å². The molecular weight excluding hydrogens is 252 g/mol. The number of hydrogen-bond acceptors (Lipinski definition) is 4. The highest BCUT2D eigenvalue weighted by Gasteiger charge is 2.03.